The number of ether oxygens (including phenoxy) is 1. The average Bonchev–Trinajstić information content (AvgIpc) is 2.59. The van der Waals surface area contributed by atoms with Crippen LogP contribution in [0.2, 0.25) is 0 Å². The van der Waals surface area contributed by atoms with E-state index in [1.165, 1.54) is 0 Å². The first-order valence-corrected chi connectivity index (χ1v) is 7.74. The van der Waals surface area contributed by atoms with Crippen molar-refractivity contribution in [3.63, 3.8) is 0 Å². The molecular formula is C18H22N4O2. The van der Waals surface area contributed by atoms with E-state index in [1.807, 2.05) is 56.3 Å². The Hall–Kier alpha value is -3.02. The van der Waals surface area contributed by atoms with E-state index in [0.29, 0.717) is 18.0 Å². The van der Waals surface area contributed by atoms with Crippen LogP contribution in [0, 0.1) is 0 Å². The van der Waals surface area contributed by atoms with Crippen LogP contribution in [0.15, 0.2) is 53.6 Å². The van der Waals surface area contributed by atoms with Gasteiger partial charge in [0.25, 0.3) is 5.91 Å². The maximum absolute atomic E-state index is 11.9. The van der Waals surface area contributed by atoms with Gasteiger partial charge in [-0.15, -0.1) is 0 Å². The Labute approximate surface area is 141 Å². The van der Waals surface area contributed by atoms with E-state index in [4.69, 9.17) is 10.5 Å². The molecule has 24 heavy (non-hydrogen) atoms. The Morgan fingerprint density at radius 3 is 2.62 bits per heavy atom. The summed E-state index contributed by atoms with van der Waals surface area (Å²) in [5.74, 6) is 0.571. The molecule has 0 aromatic heterocycles. The standard InChI is InChI=1S/C18H22N4O2/c1-3-24-17-9-7-16(8-10-17)20-12-18(23)22-21-13(2)14-5-4-6-15(19)11-14/h4-11,20H,3,12,19H2,1-2H3,(H,22,23). The van der Waals surface area contributed by atoms with E-state index in [0.717, 1.165) is 17.0 Å². The fourth-order valence-corrected chi connectivity index (χ4v) is 2.03. The molecule has 0 spiro atoms. The number of amides is 1. The highest BCUT2D eigenvalue weighted by atomic mass is 16.5. The largest absolute Gasteiger partial charge is 0.494 e. The van der Waals surface area contributed by atoms with E-state index in [1.54, 1.807) is 6.07 Å². The molecule has 0 bridgehead atoms. The number of rotatable bonds is 7. The number of hydrazone groups is 1. The van der Waals surface area contributed by atoms with Gasteiger partial charge in [0.05, 0.1) is 18.9 Å². The van der Waals surface area contributed by atoms with Crippen molar-refractivity contribution in [1.29, 1.82) is 0 Å². The lowest BCUT2D eigenvalue weighted by Crippen LogP contribution is -2.26. The lowest BCUT2D eigenvalue weighted by molar-refractivity contribution is -0.119. The third kappa shape index (κ3) is 5.31. The Morgan fingerprint density at radius 2 is 1.96 bits per heavy atom. The molecule has 0 aliphatic heterocycles. The van der Waals surface area contributed by atoms with Crippen LogP contribution in [0.25, 0.3) is 0 Å². The Balaban J connectivity index is 1.83. The lowest BCUT2D eigenvalue weighted by atomic mass is 10.1. The first kappa shape index (κ1) is 17.3. The smallest absolute Gasteiger partial charge is 0.259 e. The van der Waals surface area contributed by atoms with E-state index >= 15 is 0 Å². The number of nitrogens with two attached hydrogens (primary N) is 1. The minimum Gasteiger partial charge on any atom is -0.494 e. The summed E-state index contributed by atoms with van der Waals surface area (Å²) in [7, 11) is 0. The van der Waals surface area contributed by atoms with Gasteiger partial charge in [-0.25, -0.2) is 5.43 Å². The summed E-state index contributed by atoms with van der Waals surface area (Å²) in [6.07, 6.45) is 0. The predicted molar refractivity (Wildman–Crippen MR) is 97.3 cm³/mol. The van der Waals surface area contributed by atoms with Gasteiger partial charge in [-0.2, -0.15) is 5.10 Å². The van der Waals surface area contributed by atoms with Crippen molar-refractivity contribution >= 4 is 23.0 Å². The van der Waals surface area contributed by atoms with Gasteiger partial charge in [0.15, 0.2) is 0 Å². The summed E-state index contributed by atoms with van der Waals surface area (Å²) in [4.78, 5) is 11.9. The zero-order chi connectivity index (χ0) is 17.4. The third-order valence-electron chi connectivity index (χ3n) is 3.27. The summed E-state index contributed by atoms with van der Waals surface area (Å²) >= 11 is 0. The topological polar surface area (TPSA) is 88.7 Å². The molecule has 1 amide bonds. The highest BCUT2D eigenvalue weighted by molar-refractivity contribution is 6.00. The second kappa shape index (κ2) is 8.57. The van der Waals surface area contributed by atoms with Crippen molar-refractivity contribution in [3.8, 4) is 5.75 Å². The number of anilines is 2. The third-order valence-corrected chi connectivity index (χ3v) is 3.27. The number of nitrogens with zero attached hydrogens (tertiary/aromatic N) is 1. The van der Waals surface area contributed by atoms with Crippen molar-refractivity contribution in [2.75, 3.05) is 24.2 Å². The summed E-state index contributed by atoms with van der Waals surface area (Å²) in [5.41, 5.74) is 11.3. The SMILES string of the molecule is CCOc1ccc(NCC(=O)NN=C(C)c2cccc(N)c2)cc1. The lowest BCUT2D eigenvalue weighted by Gasteiger charge is -2.08. The molecule has 0 heterocycles. The van der Waals surface area contributed by atoms with Crippen LogP contribution < -0.4 is 21.2 Å². The molecular weight excluding hydrogens is 304 g/mol. The van der Waals surface area contributed by atoms with Crippen molar-refractivity contribution < 1.29 is 9.53 Å². The molecule has 0 unspecified atom stereocenters. The van der Waals surface area contributed by atoms with Gasteiger partial charge in [0.2, 0.25) is 0 Å². The molecule has 0 saturated heterocycles. The van der Waals surface area contributed by atoms with Crippen molar-refractivity contribution in [3.05, 3.63) is 54.1 Å². The summed E-state index contributed by atoms with van der Waals surface area (Å²) in [6, 6.07) is 14.8. The van der Waals surface area contributed by atoms with Crippen molar-refractivity contribution in [2.24, 2.45) is 5.10 Å². The molecule has 6 heteroatoms. The molecule has 2 rings (SSSR count). The van der Waals surface area contributed by atoms with Gasteiger partial charge >= 0.3 is 0 Å². The van der Waals surface area contributed by atoms with Crippen LogP contribution in [0.1, 0.15) is 19.4 Å². The molecule has 126 valence electrons. The van der Waals surface area contributed by atoms with Crippen LogP contribution >= 0.6 is 0 Å². The zero-order valence-electron chi connectivity index (χ0n) is 13.9. The Kier molecular flexibility index (Phi) is 6.19. The van der Waals surface area contributed by atoms with Gasteiger partial charge < -0.3 is 15.8 Å². The Morgan fingerprint density at radius 1 is 1.21 bits per heavy atom. The second-order valence-corrected chi connectivity index (χ2v) is 5.17. The van der Waals surface area contributed by atoms with Gasteiger partial charge in [0, 0.05) is 11.4 Å². The van der Waals surface area contributed by atoms with Crippen LogP contribution in [0.3, 0.4) is 0 Å². The number of hydrogen-bond donors (Lipinski definition) is 3. The second-order valence-electron chi connectivity index (χ2n) is 5.17. The number of carbonyl (C=O) groups is 1. The molecule has 6 nitrogen and oxygen atoms in total. The molecule has 0 aliphatic carbocycles. The molecule has 4 N–H and O–H groups in total. The van der Waals surface area contributed by atoms with Gasteiger partial charge in [-0.3, -0.25) is 4.79 Å². The van der Waals surface area contributed by atoms with Gasteiger partial charge in [0.1, 0.15) is 5.75 Å². The van der Waals surface area contributed by atoms with Gasteiger partial charge in [-0.1, -0.05) is 12.1 Å². The first-order chi connectivity index (χ1) is 11.6. The summed E-state index contributed by atoms with van der Waals surface area (Å²) < 4.78 is 5.37. The molecule has 2 aromatic rings. The van der Waals surface area contributed by atoms with E-state index in [2.05, 4.69) is 15.8 Å². The Bertz CT molecular complexity index is 711. The number of nitrogens with one attached hydrogen (secondary N) is 2. The fourth-order valence-electron chi connectivity index (χ4n) is 2.03. The van der Waals surface area contributed by atoms with Crippen LogP contribution in [0.5, 0.6) is 5.75 Å². The predicted octanol–water partition coefficient (Wildman–Crippen LogP) is 2.62. The molecule has 0 aliphatic rings. The highest BCUT2D eigenvalue weighted by Gasteiger charge is 2.02. The van der Waals surface area contributed by atoms with Crippen LogP contribution in [-0.4, -0.2) is 24.8 Å². The quantitative estimate of drug-likeness (QED) is 0.414. The van der Waals surface area contributed by atoms with Gasteiger partial charge in [-0.05, 0) is 55.8 Å². The molecule has 0 fully saturated rings. The zero-order valence-corrected chi connectivity index (χ0v) is 13.9. The normalized spacial score (nSPS) is 11.0. The van der Waals surface area contributed by atoms with E-state index in [9.17, 15) is 4.79 Å². The van der Waals surface area contributed by atoms with E-state index in [-0.39, 0.29) is 12.5 Å². The van der Waals surface area contributed by atoms with Crippen molar-refractivity contribution in [2.45, 2.75) is 13.8 Å². The molecule has 0 atom stereocenters. The minimum atomic E-state index is -0.230. The summed E-state index contributed by atoms with van der Waals surface area (Å²) in [5, 5.41) is 7.12. The fraction of sp³-hybridized carbons (Fsp3) is 0.222. The maximum atomic E-state index is 11.9. The number of nitrogen functional groups attached to an aromatic ring is 1. The molecule has 0 radical (unpaired) electrons. The molecule has 0 saturated carbocycles. The first-order valence-electron chi connectivity index (χ1n) is 7.74. The molecule has 2 aromatic carbocycles. The maximum Gasteiger partial charge on any atom is 0.259 e. The average molecular weight is 326 g/mol. The van der Waals surface area contributed by atoms with Crippen LogP contribution in [0.4, 0.5) is 11.4 Å². The van der Waals surface area contributed by atoms with E-state index < -0.39 is 0 Å². The monoisotopic (exact) mass is 326 g/mol. The number of hydrogen-bond acceptors (Lipinski definition) is 5. The van der Waals surface area contributed by atoms with Crippen molar-refractivity contribution in [1.82, 2.24) is 5.43 Å². The minimum absolute atomic E-state index is 0.127. The van der Waals surface area contributed by atoms with Crippen LogP contribution in [-0.2, 0) is 4.79 Å². The number of carbonyl (C=O) groups excluding carboxylic acids is 1. The highest BCUT2D eigenvalue weighted by Crippen LogP contribution is 2.15. The number of benzene rings is 2. The summed E-state index contributed by atoms with van der Waals surface area (Å²) in [6.45, 7) is 4.50.